The smallest absolute Gasteiger partial charge is 0.149 e. The second-order valence-electron chi connectivity index (χ2n) is 4.60. The topological polar surface area (TPSA) is 55.4 Å². The van der Waals surface area contributed by atoms with E-state index in [1.807, 2.05) is 0 Å². The van der Waals surface area contributed by atoms with Gasteiger partial charge in [0.15, 0.2) is 0 Å². The molecule has 1 rings (SSSR count). The summed E-state index contributed by atoms with van der Waals surface area (Å²) in [5.74, 6) is 0.964. The fourth-order valence-corrected chi connectivity index (χ4v) is 2.40. The van der Waals surface area contributed by atoms with Gasteiger partial charge >= 0.3 is 0 Å². The van der Waals surface area contributed by atoms with Crippen molar-refractivity contribution < 1.29 is 13.2 Å². The summed E-state index contributed by atoms with van der Waals surface area (Å²) in [5.41, 5.74) is 0. The highest BCUT2D eigenvalue weighted by molar-refractivity contribution is 7.90. The van der Waals surface area contributed by atoms with Crippen molar-refractivity contribution in [2.75, 3.05) is 38.3 Å². The van der Waals surface area contributed by atoms with Crippen molar-refractivity contribution in [1.29, 1.82) is 0 Å². The Morgan fingerprint density at radius 1 is 1.25 bits per heavy atom. The Balaban J connectivity index is 1.84. The maximum Gasteiger partial charge on any atom is 0.149 e. The van der Waals surface area contributed by atoms with Crippen molar-refractivity contribution in [2.45, 2.75) is 25.7 Å². The van der Waals surface area contributed by atoms with Crippen molar-refractivity contribution in [1.82, 2.24) is 5.32 Å². The number of hydrogen-bond donors (Lipinski definition) is 1. The van der Waals surface area contributed by atoms with E-state index in [1.54, 1.807) is 0 Å². The summed E-state index contributed by atoms with van der Waals surface area (Å²) in [7, 11) is -2.88. The van der Waals surface area contributed by atoms with E-state index in [0.29, 0.717) is 13.2 Å². The van der Waals surface area contributed by atoms with Crippen molar-refractivity contribution >= 4 is 9.84 Å². The molecule has 0 amide bonds. The first-order valence-electron chi connectivity index (χ1n) is 6.04. The highest BCUT2D eigenvalue weighted by atomic mass is 32.2. The molecule has 4 nitrogen and oxygen atoms in total. The third-order valence-corrected chi connectivity index (χ3v) is 3.84. The third-order valence-electron chi connectivity index (χ3n) is 2.93. The predicted octanol–water partition coefficient (Wildman–Crippen LogP) is 0.827. The molecule has 96 valence electrons. The molecule has 0 heterocycles. The second kappa shape index (κ2) is 7.25. The molecule has 5 heteroatoms. The molecule has 1 aliphatic carbocycles. The van der Waals surface area contributed by atoms with Crippen LogP contribution >= 0.6 is 0 Å². The summed E-state index contributed by atoms with van der Waals surface area (Å²) in [4.78, 5) is 0. The molecule has 0 spiro atoms. The molecule has 0 unspecified atom stereocenters. The lowest BCUT2D eigenvalue weighted by Crippen LogP contribution is -2.25. The van der Waals surface area contributed by atoms with E-state index >= 15 is 0 Å². The third kappa shape index (κ3) is 7.19. The van der Waals surface area contributed by atoms with Crippen molar-refractivity contribution in [3.05, 3.63) is 0 Å². The van der Waals surface area contributed by atoms with Crippen LogP contribution < -0.4 is 5.32 Å². The maximum atomic E-state index is 10.8. The molecule has 1 saturated carbocycles. The van der Waals surface area contributed by atoms with Gasteiger partial charge in [-0.3, -0.25) is 0 Å². The zero-order valence-corrected chi connectivity index (χ0v) is 10.9. The molecule has 0 atom stereocenters. The Kier molecular flexibility index (Phi) is 6.31. The highest BCUT2D eigenvalue weighted by Crippen LogP contribution is 2.23. The molecular weight excluding hydrogens is 226 g/mol. The Bertz CT molecular complexity index is 271. The van der Waals surface area contributed by atoms with Gasteiger partial charge in [0.05, 0.1) is 19.0 Å². The molecule has 1 N–H and O–H groups in total. The maximum absolute atomic E-state index is 10.8. The van der Waals surface area contributed by atoms with Gasteiger partial charge in [-0.2, -0.15) is 0 Å². The molecular formula is C11H23NO3S. The molecule has 1 aliphatic rings. The first kappa shape index (κ1) is 13.9. The summed E-state index contributed by atoms with van der Waals surface area (Å²) in [6, 6.07) is 0. The van der Waals surface area contributed by atoms with Crippen LogP contribution in [0.15, 0.2) is 0 Å². The number of rotatable bonds is 8. The van der Waals surface area contributed by atoms with Crippen LogP contribution in [0.5, 0.6) is 0 Å². The lowest BCUT2D eigenvalue weighted by atomic mass is 10.1. The minimum Gasteiger partial charge on any atom is -0.379 e. The van der Waals surface area contributed by atoms with Gasteiger partial charge in [0.2, 0.25) is 0 Å². The molecule has 0 bridgehead atoms. The Labute approximate surface area is 98.7 Å². The van der Waals surface area contributed by atoms with E-state index in [2.05, 4.69) is 5.32 Å². The number of hydrogen-bond acceptors (Lipinski definition) is 4. The second-order valence-corrected chi connectivity index (χ2v) is 6.86. The molecule has 16 heavy (non-hydrogen) atoms. The van der Waals surface area contributed by atoms with E-state index in [-0.39, 0.29) is 5.75 Å². The number of sulfone groups is 1. The summed E-state index contributed by atoms with van der Waals surface area (Å²) >= 11 is 0. The highest BCUT2D eigenvalue weighted by Gasteiger charge is 2.13. The SMILES string of the molecule is CS(=O)(=O)CCOCCNCC1CCCC1. The van der Waals surface area contributed by atoms with E-state index in [1.165, 1.54) is 31.9 Å². The minimum absolute atomic E-state index is 0.121. The first-order valence-corrected chi connectivity index (χ1v) is 8.10. The zero-order valence-electron chi connectivity index (χ0n) is 10.1. The van der Waals surface area contributed by atoms with E-state index in [4.69, 9.17) is 4.74 Å². The van der Waals surface area contributed by atoms with Crippen LogP contribution in [-0.2, 0) is 14.6 Å². The van der Waals surface area contributed by atoms with Gasteiger partial charge < -0.3 is 10.1 Å². The summed E-state index contributed by atoms with van der Waals surface area (Å²) in [6.07, 6.45) is 6.67. The molecule has 0 radical (unpaired) electrons. The molecule has 0 aromatic heterocycles. The molecule has 0 aromatic rings. The lowest BCUT2D eigenvalue weighted by Gasteiger charge is -2.10. The molecule has 0 aromatic carbocycles. The standard InChI is InChI=1S/C11H23NO3S/c1-16(13,14)9-8-15-7-6-12-10-11-4-2-3-5-11/h11-12H,2-10H2,1H3. The van der Waals surface area contributed by atoms with Gasteiger partial charge in [-0.25, -0.2) is 8.42 Å². The zero-order chi connectivity index (χ0) is 11.9. The normalized spacial score (nSPS) is 18.1. The fourth-order valence-electron chi connectivity index (χ4n) is 1.98. The summed E-state index contributed by atoms with van der Waals surface area (Å²) in [6.45, 7) is 2.81. The van der Waals surface area contributed by atoms with Crippen molar-refractivity contribution in [2.24, 2.45) is 5.92 Å². The van der Waals surface area contributed by atoms with Crippen LogP contribution in [0.1, 0.15) is 25.7 Å². The van der Waals surface area contributed by atoms with Crippen LogP contribution in [-0.4, -0.2) is 46.7 Å². The van der Waals surface area contributed by atoms with E-state index < -0.39 is 9.84 Å². The van der Waals surface area contributed by atoms with Crippen LogP contribution in [0.3, 0.4) is 0 Å². The fraction of sp³-hybridized carbons (Fsp3) is 1.00. The van der Waals surface area contributed by atoms with Gasteiger partial charge in [0, 0.05) is 12.8 Å². The average Bonchev–Trinajstić information content (AvgIpc) is 2.67. The van der Waals surface area contributed by atoms with Crippen LogP contribution in [0.25, 0.3) is 0 Å². The minimum atomic E-state index is -2.88. The van der Waals surface area contributed by atoms with Gasteiger partial charge in [0.25, 0.3) is 0 Å². The molecule has 0 aliphatic heterocycles. The summed E-state index contributed by atoms with van der Waals surface area (Å²) in [5, 5.41) is 3.35. The van der Waals surface area contributed by atoms with Crippen LogP contribution in [0.4, 0.5) is 0 Å². The molecule has 0 saturated heterocycles. The predicted molar refractivity (Wildman–Crippen MR) is 65.4 cm³/mol. The van der Waals surface area contributed by atoms with Gasteiger partial charge in [-0.15, -0.1) is 0 Å². The van der Waals surface area contributed by atoms with E-state index in [0.717, 1.165) is 19.0 Å². The van der Waals surface area contributed by atoms with Gasteiger partial charge in [-0.1, -0.05) is 12.8 Å². The summed E-state index contributed by atoms with van der Waals surface area (Å²) < 4.78 is 26.8. The Morgan fingerprint density at radius 2 is 1.94 bits per heavy atom. The van der Waals surface area contributed by atoms with Crippen molar-refractivity contribution in [3.8, 4) is 0 Å². The van der Waals surface area contributed by atoms with Crippen LogP contribution in [0, 0.1) is 5.92 Å². The Morgan fingerprint density at radius 3 is 2.56 bits per heavy atom. The number of nitrogens with one attached hydrogen (secondary N) is 1. The lowest BCUT2D eigenvalue weighted by molar-refractivity contribution is 0.150. The largest absolute Gasteiger partial charge is 0.379 e. The van der Waals surface area contributed by atoms with Crippen molar-refractivity contribution in [3.63, 3.8) is 0 Å². The first-order chi connectivity index (χ1) is 7.58. The van der Waals surface area contributed by atoms with Gasteiger partial charge in [0.1, 0.15) is 9.84 Å². The van der Waals surface area contributed by atoms with E-state index in [9.17, 15) is 8.42 Å². The number of ether oxygens (including phenoxy) is 1. The monoisotopic (exact) mass is 249 g/mol. The Hall–Kier alpha value is -0.130. The van der Waals surface area contributed by atoms with Crippen LogP contribution in [0.2, 0.25) is 0 Å². The van der Waals surface area contributed by atoms with Gasteiger partial charge in [-0.05, 0) is 25.3 Å². The molecule has 1 fully saturated rings. The quantitative estimate of drug-likeness (QED) is 0.647. The average molecular weight is 249 g/mol.